The van der Waals surface area contributed by atoms with E-state index in [9.17, 15) is 18.0 Å². The van der Waals surface area contributed by atoms with Gasteiger partial charge in [0.05, 0.1) is 5.56 Å². The highest BCUT2D eigenvalue weighted by Crippen LogP contribution is 2.29. The van der Waals surface area contributed by atoms with Crippen molar-refractivity contribution in [3.8, 4) is 0 Å². The maximum absolute atomic E-state index is 12.5. The summed E-state index contributed by atoms with van der Waals surface area (Å²) in [4.78, 5) is 12.2. The molecule has 0 saturated carbocycles. The first-order chi connectivity index (χ1) is 10.9. The number of anilines is 1. The van der Waals surface area contributed by atoms with Crippen molar-refractivity contribution in [3.05, 3.63) is 77.9 Å². The van der Waals surface area contributed by atoms with E-state index in [1.165, 1.54) is 12.1 Å². The van der Waals surface area contributed by atoms with Gasteiger partial charge in [-0.3, -0.25) is 4.79 Å². The fourth-order valence-electron chi connectivity index (χ4n) is 2.28. The molecule has 1 amide bonds. The molecule has 0 atom stereocenters. The number of benzene rings is 3. The summed E-state index contributed by atoms with van der Waals surface area (Å²) in [5, 5.41) is 4.53. The van der Waals surface area contributed by atoms with Crippen molar-refractivity contribution in [1.82, 2.24) is 0 Å². The van der Waals surface area contributed by atoms with Crippen LogP contribution in [-0.4, -0.2) is 5.91 Å². The van der Waals surface area contributed by atoms with Gasteiger partial charge in [-0.05, 0) is 47.2 Å². The fraction of sp³-hybridized carbons (Fsp3) is 0.0556. The van der Waals surface area contributed by atoms with E-state index < -0.39 is 11.7 Å². The second kappa shape index (κ2) is 5.76. The number of hydrogen-bond donors (Lipinski definition) is 1. The van der Waals surface area contributed by atoms with Gasteiger partial charge in [0.15, 0.2) is 0 Å². The first-order valence-electron chi connectivity index (χ1n) is 6.91. The number of alkyl halides is 3. The molecule has 23 heavy (non-hydrogen) atoms. The number of carbonyl (C=O) groups excluding carboxylic acids is 1. The lowest BCUT2D eigenvalue weighted by atomic mass is 10.1. The van der Waals surface area contributed by atoms with Crippen LogP contribution in [0.2, 0.25) is 0 Å². The van der Waals surface area contributed by atoms with Crippen LogP contribution in [0, 0.1) is 0 Å². The van der Waals surface area contributed by atoms with Crippen molar-refractivity contribution in [1.29, 1.82) is 0 Å². The Morgan fingerprint density at radius 1 is 0.826 bits per heavy atom. The second-order valence-electron chi connectivity index (χ2n) is 5.09. The average molecular weight is 315 g/mol. The minimum Gasteiger partial charge on any atom is -0.322 e. The number of halogens is 3. The van der Waals surface area contributed by atoms with Gasteiger partial charge in [0.2, 0.25) is 0 Å². The largest absolute Gasteiger partial charge is 0.416 e. The first-order valence-corrected chi connectivity index (χ1v) is 6.91. The van der Waals surface area contributed by atoms with Gasteiger partial charge in [-0.1, -0.05) is 30.3 Å². The molecule has 2 nitrogen and oxygen atoms in total. The zero-order valence-corrected chi connectivity index (χ0v) is 11.9. The highest BCUT2D eigenvalue weighted by atomic mass is 19.4. The minimum absolute atomic E-state index is 0.316. The highest BCUT2D eigenvalue weighted by Gasteiger charge is 2.29. The Kier molecular flexibility index (Phi) is 3.78. The molecule has 0 aliphatic carbocycles. The van der Waals surface area contributed by atoms with E-state index in [0.29, 0.717) is 11.3 Å². The van der Waals surface area contributed by atoms with Crippen LogP contribution in [-0.2, 0) is 6.18 Å². The third-order valence-electron chi connectivity index (χ3n) is 3.48. The molecule has 0 bridgehead atoms. The Morgan fingerprint density at radius 2 is 1.48 bits per heavy atom. The standard InChI is InChI=1S/C18H12F3NO/c19-18(20,21)15-7-9-16(10-8-15)22-17(23)14-6-5-12-3-1-2-4-13(12)11-14/h1-11H,(H,22,23). The molecular weight excluding hydrogens is 303 g/mol. The smallest absolute Gasteiger partial charge is 0.322 e. The lowest BCUT2D eigenvalue weighted by Crippen LogP contribution is -2.12. The van der Waals surface area contributed by atoms with Crippen LogP contribution in [0.3, 0.4) is 0 Å². The van der Waals surface area contributed by atoms with Crippen molar-refractivity contribution < 1.29 is 18.0 Å². The molecule has 3 aromatic rings. The Morgan fingerprint density at radius 3 is 2.13 bits per heavy atom. The van der Waals surface area contributed by atoms with Crippen LogP contribution in [0.15, 0.2) is 66.7 Å². The molecule has 0 spiro atoms. The van der Waals surface area contributed by atoms with Crippen LogP contribution >= 0.6 is 0 Å². The Bertz CT molecular complexity index is 854. The second-order valence-corrected chi connectivity index (χ2v) is 5.09. The van der Waals surface area contributed by atoms with E-state index in [1.807, 2.05) is 30.3 Å². The number of fused-ring (bicyclic) bond motifs is 1. The normalized spacial score (nSPS) is 11.4. The van der Waals surface area contributed by atoms with Gasteiger partial charge in [-0.15, -0.1) is 0 Å². The molecule has 0 saturated heterocycles. The van der Waals surface area contributed by atoms with Crippen LogP contribution in [0.1, 0.15) is 15.9 Å². The van der Waals surface area contributed by atoms with Gasteiger partial charge in [-0.25, -0.2) is 0 Å². The van der Waals surface area contributed by atoms with Gasteiger partial charge in [0, 0.05) is 11.3 Å². The van der Waals surface area contributed by atoms with E-state index in [2.05, 4.69) is 5.32 Å². The molecule has 3 rings (SSSR count). The summed E-state index contributed by atoms with van der Waals surface area (Å²) in [6.07, 6.45) is -4.39. The quantitative estimate of drug-likeness (QED) is 0.699. The Balaban J connectivity index is 1.80. The zero-order valence-electron chi connectivity index (χ0n) is 11.9. The summed E-state index contributed by atoms with van der Waals surface area (Å²) >= 11 is 0. The molecule has 0 aliphatic heterocycles. The van der Waals surface area contributed by atoms with Crippen molar-refractivity contribution in [2.75, 3.05) is 5.32 Å². The zero-order chi connectivity index (χ0) is 16.4. The average Bonchev–Trinajstić information content (AvgIpc) is 2.54. The topological polar surface area (TPSA) is 29.1 Å². The number of hydrogen-bond acceptors (Lipinski definition) is 1. The molecule has 116 valence electrons. The van der Waals surface area contributed by atoms with E-state index in [4.69, 9.17) is 0 Å². The summed E-state index contributed by atoms with van der Waals surface area (Å²) < 4.78 is 37.5. The van der Waals surface area contributed by atoms with Crippen molar-refractivity contribution in [2.24, 2.45) is 0 Å². The summed E-state index contributed by atoms with van der Waals surface area (Å²) in [5.74, 6) is -0.365. The van der Waals surface area contributed by atoms with Crippen LogP contribution in [0.25, 0.3) is 10.8 Å². The summed E-state index contributed by atoms with van der Waals surface area (Å²) in [5.41, 5.74) is 0.0148. The van der Waals surface area contributed by atoms with Gasteiger partial charge < -0.3 is 5.32 Å². The molecule has 3 aromatic carbocycles. The summed E-state index contributed by atoms with van der Waals surface area (Å²) in [6, 6.07) is 17.2. The van der Waals surface area contributed by atoms with Crippen LogP contribution < -0.4 is 5.32 Å². The van der Waals surface area contributed by atoms with E-state index >= 15 is 0 Å². The third kappa shape index (κ3) is 3.34. The number of nitrogens with one attached hydrogen (secondary N) is 1. The third-order valence-corrected chi connectivity index (χ3v) is 3.48. The lowest BCUT2D eigenvalue weighted by molar-refractivity contribution is -0.137. The molecule has 0 fully saturated rings. The summed E-state index contributed by atoms with van der Waals surface area (Å²) in [6.45, 7) is 0. The monoisotopic (exact) mass is 315 g/mol. The number of amides is 1. The van der Waals surface area contributed by atoms with Gasteiger partial charge >= 0.3 is 6.18 Å². The van der Waals surface area contributed by atoms with E-state index in [0.717, 1.165) is 22.9 Å². The molecule has 0 aromatic heterocycles. The maximum Gasteiger partial charge on any atom is 0.416 e. The van der Waals surface area contributed by atoms with Crippen molar-refractivity contribution in [2.45, 2.75) is 6.18 Å². The minimum atomic E-state index is -4.39. The molecular formula is C18H12F3NO. The van der Waals surface area contributed by atoms with Crippen molar-refractivity contribution in [3.63, 3.8) is 0 Å². The molecule has 1 N–H and O–H groups in total. The van der Waals surface area contributed by atoms with Gasteiger partial charge in [0.1, 0.15) is 0 Å². The van der Waals surface area contributed by atoms with E-state index in [-0.39, 0.29) is 5.91 Å². The molecule has 0 aliphatic rings. The SMILES string of the molecule is O=C(Nc1ccc(C(F)(F)F)cc1)c1ccc2ccccc2c1. The molecule has 0 heterocycles. The molecule has 0 radical (unpaired) electrons. The predicted molar refractivity (Wildman–Crippen MR) is 83.3 cm³/mol. The number of carbonyl (C=O) groups is 1. The Hall–Kier alpha value is -2.82. The molecule has 0 unspecified atom stereocenters. The highest BCUT2D eigenvalue weighted by molar-refractivity contribution is 6.06. The fourth-order valence-corrected chi connectivity index (χ4v) is 2.28. The predicted octanol–water partition coefficient (Wildman–Crippen LogP) is 5.11. The first kappa shape index (κ1) is 15.1. The maximum atomic E-state index is 12.5. The molecule has 5 heteroatoms. The lowest BCUT2D eigenvalue weighted by Gasteiger charge is -2.09. The Labute approximate surface area is 130 Å². The number of rotatable bonds is 2. The van der Waals surface area contributed by atoms with E-state index in [1.54, 1.807) is 12.1 Å². The van der Waals surface area contributed by atoms with Crippen LogP contribution in [0.4, 0.5) is 18.9 Å². The van der Waals surface area contributed by atoms with Gasteiger partial charge in [0.25, 0.3) is 5.91 Å². The van der Waals surface area contributed by atoms with Crippen LogP contribution in [0.5, 0.6) is 0 Å². The summed E-state index contributed by atoms with van der Waals surface area (Å²) in [7, 11) is 0. The van der Waals surface area contributed by atoms with Gasteiger partial charge in [-0.2, -0.15) is 13.2 Å². The van der Waals surface area contributed by atoms with Crippen molar-refractivity contribution >= 4 is 22.4 Å².